The van der Waals surface area contributed by atoms with E-state index >= 15 is 0 Å². The second kappa shape index (κ2) is 9.86. The standard InChI is InChI=1S/C22H22N2O3S/c1-14-7-8-21(15(2)9-14)28-13-17-5-4-6-18(10-17)22(26)27-12-20(25)19(11-23)16(3)24/h4-10,19,24H,12-13H2,1-3H3/t19-/m0/s1. The van der Waals surface area contributed by atoms with Crippen molar-refractivity contribution in [1.82, 2.24) is 0 Å². The number of nitriles is 1. The van der Waals surface area contributed by atoms with Crippen LogP contribution in [0, 0.1) is 36.5 Å². The van der Waals surface area contributed by atoms with Crippen LogP contribution < -0.4 is 0 Å². The molecule has 0 aliphatic rings. The van der Waals surface area contributed by atoms with Crippen LogP contribution in [0.25, 0.3) is 0 Å². The van der Waals surface area contributed by atoms with Crippen LogP contribution in [0.4, 0.5) is 0 Å². The molecule has 0 bridgehead atoms. The van der Waals surface area contributed by atoms with Crippen molar-refractivity contribution in [2.45, 2.75) is 31.4 Å². The van der Waals surface area contributed by atoms with Crippen LogP contribution in [0.2, 0.25) is 0 Å². The molecule has 0 unspecified atom stereocenters. The van der Waals surface area contributed by atoms with Crippen LogP contribution in [0.15, 0.2) is 47.4 Å². The van der Waals surface area contributed by atoms with Gasteiger partial charge in [-0.25, -0.2) is 4.79 Å². The van der Waals surface area contributed by atoms with Crippen molar-refractivity contribution in [2.24, 2.45) is 5.92 Å². The fourth-order valence-electron chi connectivity index (χ4n) is 2.62. The highest BCUT2D eigenvalue weighted by Crippen LogP contribution is 2.27. The Morgan fingerprint density at radius 2 is 1.96 bits per heavy atom. The van der Waals surface area contributed by atoms with Gasteiger partial charge in [0.2, 0.25) is 0 Å². The summed E-state index contributed by atoms with van der Waals surface area (Å²) in [5.74, 6) is -1.68. The van der Waals surface area contributed by atoms with Gasteiger partial charge in [-0.1, -0.05) is 29.8 Å². The number of Topliss-reactive ketones (excluding diaryl/α,β-unsaturated/α-hetero) is 1. The number of aryl methyl sites for hydroxylation is 2. The lowest BCUT2D eigenvalue weighted by Gasteiger charge is -2.09. The van der Waals surface area contributed by atoms with Crippen molar-refractivity contribution >= 4 is 29.2 Å². The maximum absolute atomic E-state index is 12.2. The number of hydrogen-bond acceptors (Lipinski definition) is 6. The van der Waals surface area contributed by atoms with Crippen LogP contribution in [0.3, 0.4) is 0 Å². The van der Waals surface area contributed by atoms with Crippen molar-refractivity contribution in [2.75, 3.05) is 6.61 Å². The molecule has 0 fully saturated rings. The van der Waals surface area contributed by atoms with E-state index in [9.17, 15) is 9.59 Å². The summed E-state index contributed by atoms with van der Waals surface area (Å²) in [5.41, 5.74) is 3.70. The summed E-state index contributed by atoms with van der Waals surface area (Å²) in [6, 6.07) is 15.1. The highest BCUT2D eigenvalue weighted by molar-refractivity contribution is 7.98. The van der Waals surface area contributed by atoms with Gasteiger partial charge in [-0.3, -0.25) is 4.79 Å². The Hall–Kier alpha value is -2.91. The Bertz CT molecular complexity index is 947. The average molecular weight is 394 g/mol. The Labute approximate surface area is 169 Å². The molecule has 2 aromatic carbocycles. The topological polar surface area (TPSA) is 91.0 Å². The molecule has 2 rings (SSSR count). The minimum atomic E-state index is -1.17. The first kappa shape index (κ1) is 21.4. The summed E-state index contributed by atoms with van der Waals surface area (Å²) in [6.07, 6.45) is 0. The van der Waals surface area contributed by atoms with Crippen LogP contribution in [-0.4, -0.2) is 24.1 Å². The molecule has 0 spiro atoms. The maximum Gasteiger partial charge on any atom is 0.338 e. The van der Waals surface area contributed by atoms with Crippen molar-refractivity contribution in [1.29, 1.82) is 10.7 Å². The van der Waals surface area contributed by atoms with Gasteiger partial charge in [0, 0.05) is 16.4 Å². The first-order valence-electron chi connectivity index (χ1n) is 8.75. The van der Waals surface area contributed by atoms with Gasteiger partial charge in [0.05, 0.1) is 11.6 Å². The molecular weight excluding hydrogens is 372 g/mol. The zero-order valence-corrected chi connectivity index (χ0v) is 16.9. The van der Waals surface area contributed by atoms with Gasteiger partial charge < -0.3 is 10.1 Å². The summed E-state index contributed by atoms with van der Waals surface area (Å²) in [6.45, 7) is 4.99. The molecular formula is C22H22N2O3S. The van der Waals surface area contributed by atoms with E-state index in [0.717, 1.165) is 5.56 Å². The summed E-state index contributed by atoms with van der Waals surface area (Å²) < 4.78 is 5.03. The molecule has 144 valence electrons. The third-order valence-corrected chi connectivity index (χ3v) is 5.36. The summed E-state index contributed by atoms with van der Waals surface area (Å²) in [5, 5.41) is 16.3. The van der Waals surface area contributed by atoms with E-state index < -0.39 is 24.3 Å². The molecule has 0 aliphatic carbocycles. The Balaban J connectivity index is 1.98. The molecule has 1 atom stereocenters. The summed E-state index contributed by atoms with van der Waals surface area (Å²) in [4.78, 5) is 25.3. The smallest absolute Gasteiger partial charge is 0.338 e. The largest absolute Gasteiger partial charge is 0.454 e. The van der Waals surface area contributed by atoms with Crippen molar-refractivity contribution in [3.05, 3.63) is 64.7 Å². The van der Waals surface area contributed by atoms with Crippen molar-refractivity contribution in [3.8, 4) is 6.07 Å². The quantitative estimate of drug-likeness (QED) is 0.404. The van der Waals surface area contributed by atoms with Gasteiger partial charge in [0.25, 0.3) is 0 Å². The molecule has 0 saturated carbocycles. The Morgan fingerprint density at radius 3 is 2.61 bits per heavy atom. The predicted octanol–water partition coefficient (Wildman–Crippen LogP) is 4.50. The van der Waals surface area contributed by atoms with Gasteiger partial charge in [0.15, 0.2) is 12.4 Å². The number of esters is 1. The number of hydrogen-bond donors (Lipinski definition) is 1. The number of thioether (sulfide) groups is 1. The second-order valence-corrected chi connectivity index (χ2v) is 7.56. The van der Waals surface area contributed by atoms with Gasteiger partial charge in [-0.15, -0.1) is 11.8 Å². The molecule has 0 aromatic heterocycles. The van der Waals surface area contributed by atoms with Crippen LogP contribution in [0.5, 0.6) is 0 Å². The van der Waals surface area contributed by atoms with E-state index in [1.165, 1.54) is 22.9 Å². The monoisotopic (exact) mass is 394 g/mol. The van der Waals surface area contributed by atoms with Crippen LogP contribution in [0.1, 0.15) is 34.0 Å². The highest BCUT2D eigenvalue weighted by atomic mass is 32.2. The Morgan fingerprint density at radius 1 is 1.21 bits per heavy atom. The fraction of sp³-hybridized carbons (Fsp3) is 0.273. The molecule has 28 heavy (non-hydrogen) atoms. The minimum absolute atomic E-state index is 0.0611. The molecule has 0 aliphatic heterocycles. The number of ketones is 1. The zero-order valence-electron chi connectivity index (χ0n) is 16.1. The van der Waals surface area contributed by atoms with E-state index in [1.807, 2.05) is 6.07 Å². The third kappa shape index (κ3) is 5.80. The molecule has 0 amide bonds. The molecule has 1 N–H and O–H groups in total. The van der Waals surface area contributed by atoms with Gasteiger partial charge in [-0.05, 0) is 50.1 Å². The van der Waals surface area contributed by atoms with Gasteiger partial charge in [0.1, 0.15) is 5.92 Å². The molecule has 5 nitrogen and oxygen atoms in total. The van der Waals surface area contributed by atoms with Crippen molar-refractivity contribution < 1.29 is 14.3 Å². The maximum atomic E-state index is 12.2. The number of nitrogens with zero attached hydrogens (tertiary/aromatic N) is 1. The van der Waals surface area contributed by atoms with E-state index in [0.29, 0.717) is 11.3 Å². The molecule has 0 saturated heterocycles. The summed E-state index contributed by atoms with van der Waals surface area (Å²) >= 11 is 1.69. The zero-order chi connectivity index (χ0) is 20.7. The number of carbonyl (C=O) groups excluding carboxylic acids is 2. The van der Waals surface area contributed by atoms with E-state index in [-0.39, 0.29) is 5.71 Å². The highest BCUT2D eigenvalue weighted by Gasteiger charge is 2.21. The lowest BCUT2D eigenvalue weighted by Crippen LogP contribution is -2.25. The number of ether oxygens (including phenoxy) is 1. The predicted molar refractivity (Wildman–Crippen MR) is 110 cm³/mol. The van der Waals surface area contributed by atoms with Gasteiger partial charge in [-0.2, -0.15) is 5.26 Å². The molecule has 6 heteroatoms. The molecule has 0 heterocycles. The first-order valence-corrected chi connectivity index (χ1v) is 9.74. The van der Waals surface area contributed by atoms with E-state index in [1.54, 1.807) is 36.0 Å². The first-order chi connectivity index (χ1) is 13.3. The van der Waals surface area contributed by atoms with Gasteiger partial charge >= 0.3 is 5.97 Å². The minimum Gasteiger partial charge on any atom is -0.454 e. The number of benzene rings is 2. The fourth-order valence-corrected chi connectivity index (χ4v) is 3.58. The lowest BCUT2D eigenvalue weighted by molar-refractivity contribution is -0.122. The Kier molecular flexibility index (Phi) is 7.53. The average Bonchev–Trinajstić information content (AvgIpc) is 2.66. The summed E-state index contributed by atoms with van der Waals surface area (Å²) in [7, 11) is 0. The molecule has 2 aromatic rings. The third-order valence-electron chi connectivity index (χ3n) is 4.12. The lowest BCUT2D eigenvalue weighted by atomic mass is 10.0. The number of rotatable bonds is 8. The van der Waals surface area contributed by atoms with Crippen LogP contribution in [-0.2, 0) is 15.3 Å². The van der Waals surface area contributed by atoms with E-state index in [4.69, 9.17) is 15.4 Å². The second-order valence-electron chi connectivity index (χ2n) is 6.55. The number of carbonyl (C=O) groups is 2. The van der Waals surface area contributed by atoms with Crippen molar-refractivity contribution in [3.63, 3.8) is 0 Å². The SMILES string of the molecule is CC(=N)[C@H](C#N)C(=O)COC(=O)c1cccc(CSc2ccc(C)cc2C)c1. The van der Waals surface area contributed by atoms with E-state index in [2.05, 4.69) is 32.0 Å². The van der Waals surface area contributed by atoms with Crippen LogP contribution >= 0.6 is 11.8 Å². The normalized spacial score (nSPS) is 11.4. The number of nitrogens with one attached hydrogen (secondary N) is 1. The molecule has 0 radical (unpaired) electrons.